The molecule has 0 aliphatic heterocycles. The van der Waals surface area contributed by atoms with Gasteiger partial charge in [0, 0.05) is 12.5 Å². The van der Waals surface area contributed by atoms with Crippen molar-refractivity contribution in [2.24, 2.45) is 0 Å². The van der Waals surface area contributed by atoms with Gasteiger partial charge in [0.1, 0.15) is 12.4 Å². The van der Waals surface area contributed by atoms with Gasteiger partial charge in [0.25, 0.3) is 0 Å². The number of Topliss-reactive ketones (excluding diaryl/α,β-unsaturated/α-hetero) is 2. The predicted octanol–water partition coefficient (Wildman–Crippen LogP) is 2.49. The lowest BCUT2D eigenvalue weighted by Crippen LogP contribution is -2.18. The number of phenols is 3. The van der Waals surface area contributed by atoms with Gasteiger partial charge in [-0.1, -0.05) is 18.2 Å². The van der Waals surface area contributed by atoms with E-state index in [0.29, 0.717) is 0 Å². The molecule has 0 atom stereocenters. The monoisotopic (exact) mass is 402 g/mol. The van der Waals surface area contributed by atoms with E-state index in [0.717, 1.165) is 20.8 Å². The zero-order valence-electron chi connectivity index (χ0n) is 15.8. The highest BCUT2D eigenvalue weighted by Crippen LogP contribution is 2.45. The largest absolute Gasteiger partial charge is 0.508 e. The molecule has 0 aliphatic rings. The molecule has 3 N–H and O–H groups in total. The summed E-state index contributed by atoms with van der Waals surface area (Å²) in [6.45, 7) is 2.59. The average molecular weight is 402 g/mol. The van der Waals surface area contributed by atoms with Gasteiger partial charge in [-0.15, -0.1) is 0 Å². The molecule has 0 radical (unpaired) electrons. The molecule has 9 nitrogen and oxygen atoms in total. The van der Waals surface area contributed by atoms with E-state index in [-0.39, 0.29) is 11.3 Å². The molecule has 9 heteroatoms. The summed E-state index contributed by atoms with van der Waals surface area (Å²) in [4.78, 5) is 48.3. The van der Waals surface area contributed by atoms with Crippen molar-refractivity contribution in [1.29, 1.82) is 0 Å². The number of esters is 2. The molecule has 0 saturated carbocycles. The van der Waals surface area contributed by atoms with Crippen LogP contribution in [-0.2, 0) is 16.1 Å². The zero-order valence-corrected chi connectivity index (χ0v) is 15.8. The number of aromatic hydroxyl groups is 3. The van der Waals surface area contributed by atoms with E-state index >= 15 is 0 Å². The summed E-state index contributed by atoms with van der Waals surface area (Å²) in [5.74, 6) is -6.78. The molecular weight excluding hydrogens is 384 g/mol. The van der Waals surface area contributed by atoms with E-state index in [4.69, 9.17) is 9.47 Å². The van der Waals surface area contributed by atoms with Crippen molar-refractivity contribution < 1.29 is 44.0 Å². The first-order valence-electron chi connectivity index (χ1n) is 8.32. The van der Waals surface area contributed by atoms with Gasteiger partial charge in [0.05, 0.1) is 16.7 Å². The Morgan fingerprint density at radius 3 is 1.93 bits per heavy atom. The molecule has 152 valence electrons. The fraction of sp³-hybridized carbons (Fsp3) is 0.200. The Morgan fingerprint density at radius 2 is 1.41 bits per heavy atom. The molecule has 0 aliphatic carbocycles. The molecule has 2 aromatic carbocycles. The maximum Gasteiger partial charge on any atom is 0.340 e. The first kappa shape index (κ1) is 21.4. The van der Waals surface area contributed by atoms with Gasteiger partial charge >= 0.3 is 11.9 Å². The second-order valence-electron chi connectivity index (χ2n) is 6.06. The lowest BCUT2D eigenvalue weighted by Gasteiger charge is -2.18. The summed E-state index contributed by atoms with van der Waals surface area (Å²) in [6, 6.07) is 6.01. The van der Waals surface area contributed by atoms with Crippen LogP contribution in [0.2, 0.25) is 0 Å². The van der Waals surface area contributed by atoms with Crippen LogP contribution in [0.15, 0.2) is 24.3 Å². The molecule has 0 saturated heterocycles. The second-order valence-corrected chi connectivity index (χ2v) is 6.06. The predicted molar refractivity (Wildman–Crippen MR) is 98.3 cm³/mol. The Hall–Kier alpha value is -3.88. The van der Waals surface area contributed by atoms with E-state index in [1.165, 1.54) is 12.1 Å². The number of ether oxygens (including phenoxy) is 2. The Balaban J connectivity index is 2.66. The number of hydrogen-bond donors (Lipinski definition) is 3. The molecule has 0 fully saturated rings. The first-order chi connectivity index (χ1) is 13.6. The third-order valence-electron chi connectivity index (χ3n) is 3.91. The van der Waals surface area contributed by atoms with E-state index < -0.39 is 64.1 Å². The normalized spacial score (nSPS) is 10.3. The Kier molecular flexibility index (Phi) is 6.22. The van der Waals surface area contributed by atoms with Gasteiger partial charge < -0.3 is 24.8 Å². The van der Waals surface area contributed by atoms with Crippen molar-refractivity contribution in [1.82, 2.24) is 0 Å². The summed E-state index contributed by atoms with van der Waals surface area (Å²) in [6.07, 6.45) is 0. The van der Waals surface area contributed by atoms with E-state index in [9.17, 15) is 34.5 Å². The molecule has 2 aromatic rings. The summed E-state index contributed by atoms with van der Waals surface area (Å²) in [5, 5.41) is 30.1. The van der Waals surface area contributed by atoms with Crippen LogP contribution in [0.1, 0.15) is 57.4 Å². The minimum atomic E-state index is -1.20. The fourth-order valence-corrected chi connectivity index (χ4v) is 2.68. The van der Waals surface area contributed by atoms with E-state index in [2.05, 4.69) is 0 Å². The van der Waals surface area contributed by atoms with Gasteiger partial charge in [-0.3, -0.25) is 14.4 Å². The number of para-hydroxylation sites is 1. The number of benzene rings is 2. The Bertz CT molecular complexity index is 1020. The number of carbonyl (C=O) groups is 4. The fourth-order valence-electron chi connectivity index (χ4n) is 2.68. The third-order valence-corrected chi connectivity index (χ3v) is 3.91. The van der Waals surface area contributed by atoms with E-state index in [1.54, 1.807) is 12.1 Å². The van der Waals surface area contributed by atoms with Crippen molar-refractivity contribution in [2.45, 2.75) is 27.4 Å². The highest BCUT2D eigenvalue weighted by molar-refractivity contribution is 6.16. The van der Waals surface area contributed by atoms with Crippen molar-refractivity contribution >= 4 is 23.5 Å². The van der Waals surface area contributed by atoms with Crippen LogP contribution in [-0.4, -0.2) is 38.8 Å². The Labute approximate surface area is 165 Å². The second kappa shape index (κ2) is 8.42. The molecular formula is C20H18O9. The summed E-state index contributed by atoms with van der Waals surface area (Å²) >= 11 is 0. The molecule has 0 aromatic heterocycles. The minimum Gasteiger partial charge on any atom is -0.508 e. The van der Waals surface area contributed by atoms with E-state index in [1.807, 2.05) is 0 Å². The summed E-state index contributed by atoms with van der Waals surface area (Å²) in [7, 11) is 0. The number of rotatable bonds is 6. The molecule has 0 unspecified atom stereocenters. The van der Waals surface area contributed by atoms with Gasteiger partial charge in [-0.25, -0.2) is 4.79 Å². The minimum absolute atomic E-state index is 0.145. The number of phenolic OH excluding ortho intramolecular Hbond substituents is 3. The maximum absolute atomic E-state index is 12.7. The highest BCUT2D eigenvalue weighted by atomic mass is 16.5. The number of hydrogen-bond acceptors (Lipinski definition) is 9. The molecule has 0 bridgehead atoms. The SMILES string of the molecule is CC(=O)Oc1c(O)c(O)c(C(C)=O)c(C(=O)OCc2ccccc2O)c1C(C)=O. The summed E-state index contributed by atoms with van der Waals surface area (Å²) < 4.78 is 9.89. The van der Waals surface area contributed by atoms with Gasteiger partial charge in [0.2, 0.25) is 5.75 Å². The molecule has 0 heterocycles. The number of ketones is 2. The van der Waals surface area contributed by atoms with Gasteiger partial charge in [-0.2, -0.15) is 0 Å². The lowest BCUT2D eigenvalue weighted by atomic mass is 9.93. The molecule has 0 amide bonds. The maximum atomic E-state index is 12.7. The van der Waals surface area contributed by atoms with Crippen molar-refractivity contribution in [3.8, 4) is 23.0 Å². The van der Waals surface area contributed by atoms with Crippen LogP contribution in [0.5, 0.6) is 23.0 Å². The van der Waals surface area contributed by atoms with Crippen LogP contribution in [0.25, 0.3) is 0 Å². The highest BCUT2D eigenvalue weighted by Gasteiger charge is 2.34. The van der Waals surface area contributed by atoms with Crippen molar-refractivity contribution in [3.05, 3.63) is 46.5 Å². The van der Waals surface area contributed by atoms with Crippen LogP contribution in [0.4, 0.5) is 0 Å². The van der Waals surface area contributed by atoms with Gasteiger partial charge in [-0.05, 0) is 19.9 Å². The quantitative estimate of drug-likeness (QED) is 0.287. The van der Waals surface area contributed by atoms with Crippen molar-refractivity contribution in [3.63, 3.8) is 0 Å². The smallest absolute Gasteiger partial charge is 0.340 e. The topological polar surface area (TPSA) is 147 Å². The average Bonchev–Trinajstić information content (AvgIpc) is 2.63. The number of carbonyl (C=O) groups excluding carboxylic acids is 4. The van der Waals surface area contributed by atoms with Crippen LogP contribution in [0, 0.1) is 0 Å². The van der Waals surface area contributed by atoms with Gasteiger partial charge in [0.15, 0.2) is 23.1 Å². The lowest BCUT2D eigenvalue weighted by molar-refractivity contribution is -0.132. The van der Waals surface area contributed by atoms with Crippen LogP contribution in [0.3, 0.4) is 0 Å². The first-order valence-corrected chi connectivity index (χ1v) is 8.32. The van der Waals surface area contributed by atoms with Crippen LogP contribution >= 0.6 is 0 Å². The summed E-state index contributed by atoms with van der Waals surface area (Å²) in [5.41, 5.74) is -1.67. The van der Waals surface area contributed by atoms with Crippen molar-refractivity contribution in [2.75, 3.05) is 0 Å². The van der Waals surface area contributed by atoms with Crippen LogP contribution < -0.4 is 4.74 Å². The standard InChI is InChI=1S/C20H18O9/c1-9(21)14-16(20(27)28-8-12-6-4-5-7-13(12)24)15(10(2)22)19(29-11(3)23)18(26)17(14)25/h4-7,24-26H,8H2,1-3H3. The molecule has 0 spiro atoms. The zero-order chi connectivity index (χ0) is 21.9. The molecule has 29 heavy (non-hydrogen) atoms. The Morgan fingerprint density at radius 1 is 0.828 bits per heavy atom. The molecule has 2 rings (SSSR count). The third kappa shape index (κ3) is 4.34.